The summed E-state index contributed by atoms with van der Waals surface area (Å²) in [4.78, 5) is 30.2. The van der Waals surface area contributed by atoms with Gasteiger partial charge in [-0.1, -0.05) is 68.1 Å². The lowest BCUT2D eigenvalue weighted by molar-refractivity contribution is 0.235. The molecule has 148 valence electrons. The summed E-state index contributed by atoms with van der Waals surface area (Å²) >= 11 is 6.14. The highest BCUT2D eigenvalue weighted by Gasteiger charge is 2.21. The monoisotopic (exact) mass is 400 g/mol. The normalized spacial score (nSPS) is 11.1. The maximum absolute atomic E-state index is 13.0. The fourth-order valence-corrected chi connectivity index (χ4v) is 3.55. The maximum Gasteiger partial charge on any atom is 0.343 e. The van der Waals surface area contributed by atoms with Gasteiger partial charge in [-0.05, 0) is 30.5 Å². The van der Waals surface area contributed by atoms with Gasteiger partial charge < -0.3 is 5.32 Å². The average molecular weight is 401 g/mol. The molecule has 0 bridgehead atoms. The first-order chi connectivity index (χ1) is 13.5. The van der Waals surface area contributed by atoms with Gasteiger partial charge in [0.15, 0.2) is 5.65 Å². The molecule has 1 amide bonds. The third-order valence-electron chi connectivity index (χ3n) is 4.73. The van der Waals surface area contributed by atoms with E-state index in [0.717, 1.165) is 35.9 Å². The maximum atomic E-state index is 13.0. The Morgan fingerprint density at radius 3 is 2.64 bits per heavy atom. The molecule has 3 aromatic rings. The first-order valence-electron chi connectivity index (χ1n) is 9.63. The van der Waals surface area contributed by atoms with E-state index in [4.69, 9.17) is 11.6 Å². The second-order valence-electron chi connectivity index (χ2n) is 6.91. The van der Waals surface area contributed by atoms with E-state index in [-0.39, 0.29) is 5.56 Å². The van der Waals surface area contributed by atoms with Crippen LogP contribution in [-0.4, -0.2) is 26.9 Å². The van der Waals surface area contributed by atoms with Crippen LogP contribution < -0.4 is 10.9 Å². The topological polar surface area (TPSA) is 68.9 Å². The van der Waals surface area contributed by atoms with Gasteiger partial charge in [0.05, 0.1) is 11.9 Å². The summed E-state index contributed by atoms with van der Waals surface area (Å²) in [6.45, 7) is 4.82. The first kappa shape index (κ1) is 20.1. The molecule has 0 radical (unpaired) electrons. The zero-order valence-corrected chi connectivity index (χ0v) is 17.0. The molecule has 0 unspecified atom stereocenters. The largest absolute Gasteiger partial charge is 0.343 e. The zero-order valence-electron chi connectivity index (χ0n) is 16.2. The van der Waals surface area contributed by atoms with Crippen LogP contribution in [0.25, 0.3) is 11.0 Å². The summed E-state index contributed by atoms with van der Waals surface area (Å²) in [5.74, 6) is 0. The van der Waals surface area contributed by atoms with Gasteiger partial charge in [-0.3, -0.25) is 9.48 Å². The third kappa shape index (κ3) is 4.28. The number of carbonyl (C=O) groups is 1. The predicted octanol–water partition coefficient (Wildman–Crippen LogP) is 4.35. The number of aryl methyl sites for hydroxylation is 1. The molecule has 0 fully saturated rings. The van der Waals surface area contributed by atoms with Crippen molar-refractivity contribution in [3.8, 4) is 0 Å². The molecular formula is C21H25ClN4O2. The van der Waals surface area contributed by atoms with Crippen molar-refractivity contribution < 1.29 is 4.79 Å². The molecule has 0 saturated heterocycles. The van der Waals surface area contributed by atoms with Gasteiger partial charge in [0, 0.05) is 6.54 Å². The smallest absolute Gasteiger partial charge is 0.336 e. The molecule has 6 nitrogen and oxygen atoms in total. The third-order valence-corrected chi connectivity index (χ3v) is 4.93. The van der Waals surface area contributed by atoms with Gasteiger partial charge in [0.2, 0.25) is 0 Å². The molecule has 1 aromatic carbocycles. The highest BCUT2D eigenvalue weighted by Crippen LogP contribution is 2.19. The highest BCUT2D eigenvalue weighted by molar-refractivity contribution is 6.29. The van der Waals surface area contributed by atoms with Crippen molar-refractivity contribution >= 4 is 28.7 Å². The van der Waals surface area contributed by atoms with Gasteiger partial charge in [-0.2, -0.15) is 4.68 Å². The van der Waals surface area contributed by atoms with Gasteiger partial charge in [0.25, 0.3) is 5.56 Å². The van der Waals surface area contributed by atoms with E-state index in [2.05, 4.69) is 17.2 Å². The van der Waals surface area contributed by atoms with Crippen LogP contribution in [0.1, 0.15) is 43.7 Å². The summed E-state index contributed by atoms with van der Waals surface area (Å²) in [6, 6.07) is 10.9. The lowest BCUT2D eigenvalue weighted by atomic mass is 10.2. The minimum absolute atomic E-state index is 0.295. The molecule has 7 heteroatoms. The predicted molar refractivity (Wildman–Crippen MR) is 112 cm³/mol. The van der Waals surface area contributed by atoms with Crippen LogP contribution in [0.15, 0.2) is 41.2 Å². The van der Waals surface area contributed by atoms with Crippen LogP contribution in [0.3, 0.4) is 0 Å². The molecule has 0 saturated carbocycles. The van der Waals surface area contributed by atoms with Crippen molar-refractivity contribution in [1.82, 2.24) is 19.7 Å². The molecule has 0 spiro atoms. The molecule has 3 rings (SSSR count). The number of nitrogens with one attached hydrogen (secondary N) is 1. The number of nitrogens with zero attached hydrogens (tertiary/aromatic N) is 3. The number of halogens is 1. The summed E-state index contributed by atoms with van der Waals surface area (Å²) in [7, 11) is 0. The lowest BCUT2D eigenvalue weighted by Gasteiger charge is -2.12. The second-order valence-corrected chi connectivity index (χ2v) is 7.30. The van der Waals surface area contributed by atoms with Crippen LogP contribution in [0.2, 0.25) is 5.15 Å². The SMILES string of the molecule is CCCCCCNC(=O)n1c(=O)c2c(C)cc(Cl)nc2n1Cc1ccccc1. The van der Waals surface area contributed by atoms with Gasteiger partial charge in [-0.25, -0.2) is 9.78 Å². The molecule has 1 N–H and O–H groups in total. The van der Waals surface area contributed by atoms with Gasteiger partial charge >= 0.3 is 6.03 Å². The van der Waals surface area contributed by atoms with Crippen LogP contribution in [0, 0.1) is 6.92 Å². The van der Waals surface area contributed by atoms with Gasteiger partial charge in [0.1, 0.15) is 5.15 Å². The van der Waals surface area contributed by atoms with E-state index >= 15 is 0 Å². The minimum Gasteiger partial charge on any atom is -0.336 e. The van der Waals surface area contributed by atoms with Crippen molar-refractivity contribution in [3.05, 3.63) is 63.0 Å². The van der Waals surface area contributed by atoms with Crippen LogP contribution >= 0.6 is 11.6 Å². The molecule has 28 heavy (non-hydrogen) atoms. The molecular weight excluding hydrogens is 376 g/mol. The lowest BCUT2D eigenvalue weighted by Crippen LogP contribution is -2.39. The number of aromatic nitrogens is 3. The van der Waals surface area contributed by atoms with Crippen LogP contribution in [0.4, 0.5) is 4.79 Å². The molecule has 2 heterocycles. The van der Waals surface area contributed by atoms with E-state index < -0.39 is 6.03 Å². The number of rotatable bonds is 7. The Labute approximate surface area is 169 Å². The van der Waals surface area contributed by atoms with Crippen molar-refractivity contribution in [2.45, 2.75) is 46.1 Å². The number of hydrogen-bond donors (Lipinski definition) is 1. The quantitative estimate of drug-likeness (QED) is 0.473. The number of fused-ring (bicyclic) bond motifs is 1. The van der Waals surface area contributed by atoms with Crippen molar-refractivity contribution in [2.75, 3.05) is 6.54 Å². The van der Waals surface area contributed by atoms with E-state index in [1.165, 1.54) is 0 Å². The van der Waals surface area contributed by atoms with E-state index in [1.807, 2.05) is 30.3 Å². The number of pyridine rings is 1. The molecule has 0 aliphatic rings. The number of amides is 1. The van der Waals surface area contributed by atoms with E-state index in [0.29, 0.717) is 34.8 Å². The average Bonchev–Trinajstić information content (AvgIpc) is 2.94. The molecule has 0 aliphatic heterocycles. The Hall–Kier alpha value is -2.60. The fraction of sp³-hybridized carbons (Fsp3) is 0.381. The van der Waals surface area contributed by atoms with Crippen LogP contribution in [0.5, 0.6) is 0 Å². The summed E-state index contributed by atoms with van der Waals surface area (Å²) in [5.41, 5.74) is 1.71. The summed E-state index contributed by atoms with van der Waals surface area (Å²) < 4.78 is 2.75. The van der Waals surface area contributed by atoms with Crippen molar-refractivity contribution in [2.24, 2.45) is 0 Å². The fourth-order valence-electron chi connectivity index (χ4n) is 3.30. The second kappa shape index (κ2) is 9.06. The van der Waals surface area contributed by atoms with E-state index in [1.54, 1.807) is 17.7 Å². The van der Waals surface area contributed by atoms with Crippen LogP contribution in [-0.2, 0) is 6.54 Å². The molecule has 0 aliphatic carbocycles. The number of carbonyl (C=O) groups excluding carboxylic acids is 1. The Morgan fingerprint density at radius 1 is 1.18 bits per heavy atom. The summed E-state index contributed by atoms with van der Waals surface area (Å²) in [6.07, 6.45) is 4.20. The minimum atomic E-state index is -0.439. The van der Waals surface area contributed by atoms with Crippen molar-refractivity contribution in [1.29, 1.82) is 0 Å². The Balaban J connectivity index is 2.01. The Kier molecular flexibility index (Phi) is 6.52. The number of benzene rings is 1. The molecule has 0 atom stereocenters. The Bertz CT molecular complexity index is 1020. The standard InChI is InChI=1S/C21H25ClN4O2/c1-3-4-5-9-12-23-21(28)26-20(27)18-15(2)13-17(22)24-19(18)25(26)14-16-10-7-6-8-11-16/h6-8,10-11,13H,3-5,9,12,14H2,1-2H3,(H,23,28). The number of hydrogen-bond acceptors (Lipinski definition) is 3. The number of unbranched alkanes of at least 4 members (excludes halogenated alkanes) is 3. The van der Waals surface area contributed by atoms with Crippen molar-refractivity contribution in [3.63, 3.8) is 0 Å². The first-order valence-corrected chi connectivity index (χ1v) is 10.0. The summed E-state index contributed by atoms with van der Waals surface area (Å²) in [5, 5.41) is 3.58. The van der Waals surface area contributed by atoms with Gasteiger partial charge in [-0.15, -0.1) is 0 Å². The molecule has 2 aromatic heterocycles. The highest BCUT2D eigenvalue weighted by atomic mass is 35.5. The Morgan fingerprint density at radius 2 is 1.93 bits per heavy atom. The zero-order chi connectivity index (χ0) is 20.1. The van der Waals surface area contributed by atoms with E-state index in [9.17, 15) is 9.59 Å².